The van der Waals surface area contributed by atoms with Gasteiger partial charge in [-0.3, -0.25) is 0 Å². The molecule has 2 aromatic rings. The van der Waals surface area contributed by atoms with E-state index in [1.54, 1.807) is 25.3 Å². The molecule has 6 nitrogen and oxygen atoms in total. The molecule has 1 aliphatic carbocycles. The van der Waals surface area contributed by atoms with Gasteiger partial charge in [0.15, 0.2) is 0 Å². The van der Waals surface area contributed by atoms with E-state index in [0.717, 1.165) is 47.4 Å². The van der Waals surface area contributed by atoms with E-state index in [0.29, 0.717) is 17.1 Å². The number of methoxy groups -OCH3 is 3. The van der Waals surface area contributed by atoms with E-state index in [2.05, 4.69) is 5.16 Å². The lowest BCUT2D eigenvalue weighted by Gasteiger charge is -2.19. The normalized spacial score (nSPS) is 14.4. The molecular formula is C21H23NO5. The van der Waals surface area contributed by atoms with Gasteiger partial charge in [-0.15, -0.1) is 0 Å². The Labute approximate surface area is 158 Å². The fraction of sp³-hybridized carbons (Fsp3) is 0.333. The van der Waals surface area contributed by atoms with E-state index >= 15 is 0 Å². The van der Waals surface area contributed by atoms with Gasteiger partial charge in [-0.2, -0.15) is 0 Å². The predicted molar refractivity (Wildman–Crippen MR) is 102 cm³/mol. The van der Waals surface area contributed by atoms with Crippen molar-refractivity contribution < 1.29 is 23.8 Å². The Balaban J connectivity index is 1.85. The first-order valence-corrected chi connectivity index (χ1v) is 8.75. The van der Waals surface area contributed by atoms with Gasteiger partial charge in [0.2, 0.25) is 0 Å². The van der Waals surface area contributed by atoms with Crippen LogP contribution in [0.2, 0.25) is 0 Å². The van der Waals surface area contributed by atoms with Crippen molar-refractivity contribution >= 4 is 11.7 Å². The van der Waals surface area contributed by atoms with Crippen molar-refractivity contribution in [3.8, 4) is 17.2 Å². The number of rotatable bonds is 5. The monoisotopic (exact) mass is 369 g/mol. The molecule has 27 heavy (non-hydrogen) atoms. The number of aryl methyl sites for hydroxylation is 2. The highest BCUT2D eigenvalue weighted by Crippen LogP contribution is 2.29. The molecule has 0 unspecified atom stereocenters. The molecule has 0 bridgehead atoms. The number of carbonyl (C=O) groups is 1. The summed E-state index contributed by atoms with van der Waals surface area (Å²) in [5.74, 6) is 1.33. The Hall–Kier alpha value is -3.02. The largest absolute Gasteiger partial charge is 0.497 e. The maximum absolute atomic E-state index is 12.4. The zero-order valence-electron chi connectivity index (χ0n) is 16.0. The lowest BCUT2D eigenvalue weighted by Crippen LogP contribution is -2.14. The van der Waals surface area contributed by atoms with Crippen LogP contribution in [0.5, 0.6) is 17.2 Å². The van der Waals surface area contributed by atoms with Crippen LogP contribution in [-0.2, 0) is 11.3 Å². The van der Waals surface area contributed by atoms with Crippen molar-refractivity contribution in [3.05, 3.63) is 52.6 Å². The van der Waals surface area contributed by atoms with Crippen LogP contribution in [0, 0.1) is 6.92 Å². The fourth-order valence-corrected chi connectivity index (χ4v) is 3.18. The van der Waals surface area contributed by atoms with Crippen LogP contribution >= 0.6 is 0 Å². The SMILES string of the molecule is COc1cc(OC)cc(C(=O)O/N=C2/CCCc3cc(OC)c(C)cc32)c1. The summed E-state index contributed by atoms with van der Waals surface area (Å²) >= 11 is 0. The number of nitrogens with zero attached hydrogens (tertiary/aromatic N) is 1. The minimum atomic E-state index is -0.558. The lowest BCUT2D eigenvalue weighted by molar-refractivity contribution is 0.0514. The summed E-state index contributed by atoms with van der Waals surface area (Å²) in [6.07, 6.45) is 2.65. The molecule has 1 aliphatic rings. The van der Waals surface area contributed by atoms with E-state index in [9.17, 15) is 4.79 Å². The number of fused-ring (bicyclic) bond motifs is 1. The van der Waals surface area contributed by atoms with Gasteiger partial charge in [-0.05, 0) is 61.6 Å². The minimum Gasteiger partial charge on any atom is -0.497 e. The topological polar surface area (TPSA) is 66.4 Å². The molecular weight excluding hydrogens is 346 g/mol. The first-order chi connectivity index (χ1) is 13.0. The molecule has 0 spiro atoms. The third-order valence-electron chi connectivity index (χ3n) is 4.62. The van der Waals surface area contributed by atoms with Crippen molar-refractivity contribution in [2.45, 2.75) is 26.2 Å². The zero-order valence-corrected chi connectivity index (χ0v) is 16.0. The van der Waals surface area contributed by atoms with Crippen molar-refractivity contribution in [2.75, 3.05) is 21.3 Å². The number of oxime groups is 1. The molecule has 142 valence electrons. The van der Waals surface area contributed by atoms with Crippen molar-refractivity contribution in [1.29, 1.82) is 0 Å². The molecule has 0 aromatic heterocycles. The Morgan fingerprint density at radius 1 is 0.926 bits per heavy atom. The quantitative estimate of drug-likeness (QED) is 0.590. The predicted octanol–water partition coefficient (Wildman–Crippen LogP) is 3.92. The summed E-state index contributed by atoms with van der Waals surface area (Å²) < 4.78 is 15.8. The van der Waals surface area contributed by atoms with Crippen molar-refractivity contribution in [2.24, 2.45) is 5.16 Å². The summed E-state index contributed by atoms with van der Waals surface area (Å²) in [4.78, 5) is 17.7. The first kappa shape index (κ1) is 18.8. The van der Waals surface area contributed by atoms with Gasteiger partial charge in [-0.25, -0.2) is 4.79 Å². The van der Waals surface area contributed by atoms with Crippen LogP contribution in [0.25, 0.3) is 0 Å². The zero-order chi connectivity index (χ0) is 19.4. The summed E-state index contributed by atoms with van der Waals surface area (Å²) in [6, 6.07) is 8.95. The highest BCUT2D eigenvalue weighted by atomic mass is 16.7. The second kappa shape index (κ2) is 8.12. The van der Waals surface area contributed by atoms with E-state index in [1.165, 1.54) is 14.2 Å². The van der Waals surface area contributed by atoms with Crippen LogP contribution in [-0.4, -0.2) is 33.0 Å². The Bertz CT molecular complexity index is 866. The van der Waals surface area contributed by atoms with Gasteiger partial charge in [0.25, 0.3) is 0 Å². The second-order valence-corrected chi connectivity index (χ2v) is 6.35. The maximum Gasteiger partial charge on any atom is 0.366 e. The van der Waals surface area contributed by atoms with Gasteiger partial charge >= 0.3 is 5.97 Å². The lowest BCUT2D eigenvalue weighted by atomic mass is 9.88. The van der Waals surface area contributed by atoms with Gasteiger partial charge in [0, 0.05) is 11.6 Å². The molecule has 0 aliphatic heterocycles. The molecule has 6 heteroatoms. The van der Waals surface area contributed by atoms with Crippen LogP contribution in [0.1, 0.15) is 39.9 Å². The first-order valence-electron chi connectivity index (χ1n) is 8.75. The number of hydrogen-bond donors (Lipinski definition) is 0. The standard InChI is InChI=1S/C21H23NO5/c1-13-8-18-14(11-20(13)26-4)6-5-7-19(18)22-27-21(23)15-9-16(24-2)12-17(10-15)25-3/h8-12H,5-7H2,1-4H3/b22-19-. The third kappa shape index (κ3) is 4.05. The smallest absolute Gasteiger partial charge is 0.366 e. The average Bonchev–Trinajstić information content (AvgIpc) is 2.70. The molecule has 0 fully saturated rings. The number of benzene rings is 2. The highest BCUT2D eigenvalue weighted by Gasteiger charge is 2.19. The van der Waals surface area contributed by atoms with Gasteiger partial charge in [-0.1, -0.05) is 5.16 Å². The molecule has 0 heterocycles. The molecule has 0 saturated heterocycles. The van der Waals surface area contributed by atoms with E-state index in [-0.39, 0.29) is 0 Å². The molecule has 0 N–H and O–H groups in total. The maximum atomic E-state index is 12.4. The number of carbonyl (C=O) groups excluding carboxylic acids is 1. The molecule has 0 atom stereocenters. The average molecular weight is 369 g/mol. The van der Waals surface area contributed by atoms with Gasteiger partial charge in [0.05, 0.1) is 32.6 Å². The van der Waals surface area contributed by atoms with Gasteiger partial charge < -0.3 is 19.0 Å². The Morgan fingerprint density at radius 3 is 2.26 bits per heavy atom. The van der Waals surface area contributed by atoms with E-state index in [4.69, 9.17) is 19.0 Å². The summed E-state index contributed by atoms with van der Waals surface area (Å²) in [7, 11) is 4.72. The van der Waals surface area contributed by atoms with E-state index < -0.39 is 5.97 Å². The summed E-state index contributed by atoms with van der Waals surface area (Å²) in [5, 5.41) is 4.15. The fourth-order valence-electron chi connectivity index (χ4n) is 3.18. The molecule has 0 saturated carbocycles. The summed E-state index contributed by atoms with van der Waals surface area (Å²) in [6.45, 7) is 1.99. The summed E-state index contributed by atoms with van der Waals surface area (Å²) in [5.41, 5.74) is 4.27. The molecule has 3 rings (SSSR count). The van der Waals surface area contributed by atoms with Crippen LogP contribution < -0.4 is 14.2 Å². The van der Waals surface area contributed by atoms with Crippen molar-refractivity contribution in [1.82, 2.24) is 0 Å². The number of hydrogen-bond acceptors (Lipinski definition) is 6. The second-order valence-electron chi connectivity index (χ2n) is 6.35. The van der Waals surface area contributed by atoms with Crippen LogP contribution in [0.3, 0.4) is 0 Å². The molecule has 0 radical (unpaired) electrons. The molecule has 2 aromatic carbocycles. The Kier molecular flexibility index (Phi) is 5.64. The minimum absolute atomic E-state index is 0.317. The number of ether oxygens (including phenoxy) is 3. The highest BCUT2D eigenvalue weighted by molar-refractivity contribution is 6.03. The van der Waals surface area contributed by atoms with Crippen LogP contribution in [0.4, 0.5) is 0 Å². The Morgan fingerprint density at radius 2 is 1.63 bits per heavy atom. The third-order valence-corrected chi connectivity index (χ3v) is 4.62. The van der Waals surface area contributed by atoms with Crippen LogP contribution in [0.15, 0.2) is 35.5 Å². The van der Waals surface area contributed by atoms with E-state index in [1.807, 2.05) is 19.1 Å². The van der Waals surface area contributed by atoms with Gasteiger partial charge in [0.1, 0.15) is 17.2 Å². The molecule has 0 amide bonds. The van der Waals surface area contributed by atoms with Crippen molar-refractivity contribution in [3.63, 3.8) is 0 Å².